The van der Waals surface area contributed by atoms with Crippen LogP contribution in [0.1, 0.15) is 99.6 Å². The lowest BCUT2D eigenvalue weighted by Crippen LogP contribution is -2.48. The van der Waals surface area contributed by atoms with Crippen molar-refractivity contribution in [2.75, 3.05) is 13.2 Å². The highest BCUT2D eigenvalue weighted by molar-refractivity contribution is 5.84. The number of carbonyl (C=O) groups is 1. The van der Waals surface area contributed by atoms with Gasteiger partial charge in [0.1, 0.15) is 24.4 Å². The molecule has 1 rings (SSSR count). The van der Waals surface area contributed by atoms with Crippen LogP contribution in [0.25, 0.3) is 0 Å². The predicted octanol–water partition coefficient (Wildman–Crippen LogP) is 6.11. The van der Waals surface area contributed by atoms with E-state index in [0.29, 0.717) is 19.6 Å². The molecule has 1 aromatic rings. The van der Waals surface area contributed by atoms with Crippen molar-refractivity contribution in [1.29, 1.82) is 0 Å². The molecule has 1 aromatic carbocycles. The Labute approximate surface area is 249 Å². The molecule has 0 heterocycles. The largest absolute Gasteiger partial charge is 0.489 e. The first-order valence-corrected chi connectivity index (χ1v) is 15.1. The van der Waals surface area contributed by atoms with E-state index in [9.17, 15) is 14.7 Å². The second-order valence-corrected chi connectivity index (χ2v) is 13.4. The minimum Gasteiger partial charge on any atom is -0.489 e. The molecule has 1 amide bonds. The molecule has 0 radical (unpaired) electrons. The highest BCUT2D eigenvalue weighted by Gasteiger charge is 2.34. The van der Waals surface area contributed by atoms with Gasteiger partial charge in [-0.2, -0.15) is 5.48 Å². The minimum atomic E-state index is -1.25. The number of aliphatic hydroxyl groups is 1. The first-order valence-electron chi connectivity index (χ1n) is 15.1. The number of hydroxylamine groups is 1. The van der Waals surface area contributed by atoms with Crippen molar-refractivity contribution >= 4 is 11.8 Å². The molecule has 0 aliphatic carbocycles. The van der Waals surface area contributed by atoms with Gasteiger partial charge in [0.05, 0.1) is 23.1 Å². The molecule has 7 nitrogen and oxygen atoms in total. The van der Waals surface area contributed by atoms with E-state index in [-0.39, 0.29) is 28.7 Å². The summed E-state index contributed by atoms with van der Waals surface area (Å²) in [6, 6.07) is 5.74. The lowest BCUT2D eigenvalue weighted by Gasteiger charge is -2.33. The van der Waals surface area contributed by atoms with Crippen molar-refractivity contribution in [2.24, 2.45) is 17.8 Å². The summed E-state index contributed by atoms with van der Waals surface area (Å²) in [5.74, 6) is 2.01. The predicted molar refractivity (Wildman–Crippen MR) is 168 cm³/mol. The molecular formula is C34H56N2O5. The summed E-state index contributed by atoms with van der Waals surface area (Å²) >= 11 is 0. The van der Waals surface area contributed by atoms with Gasteiger partial charge in [-0.25, -0.2) is 4.79 Å². The average Bonchev–Trinajstić information content (AvgIpc) is 2.88. The van der Waals surface area contributed by atoms with E-state index < -0.39 is 23.7 Å². The molecule has 232 valence electrons. The van der Waals surface area contributed by atoms with Crippen LogP contribution in [0.5, 0.6) is 5.75 Å². The number of amides is 1. The van der Waals surface area contributed by atoms with Crippen molar-refractivity contribution in [3.05, 3.63) is 47.6 Å². The van der Waals surface area contributed by atoms with Crippen LogP contribution in [0.3, 0.4) is 0 Å². The van der Waals surface area contributed by atoms with Crippen LogP contribution in [-0.4, -0.2) is 47.9 Å². The molecule has 0 aliphatic rings. The average molecular weight is 573 g/mol. The molecule has 3 N–H and O–H groups in total. The van der Waals surface area contributed by atoms with Crippen molar-refractivity contribution in [1.82, 2.24) is 10.8 Å². The maximum atomic E-state index is 12.7. The lowest BCUT2D eigenvalue weighted by molar-refractivity contribution is -0.124. The van der Waals surface area contributed by atoms with E-state index in [1.54, 1.807) is 13.0 Å². The van der Waals surface area contributed by atoms with E-state index in [1.165, 1.54) is 0 Å². The molecule has 0 aromatic heterocycles. The number of hydrogen-bond donors (Lipinski definition) is 3. The standard InChI is InChI=1S/C34H56N2O5/c1-12-14-17-35-32(39)24(5)27(22-37)31(38)29(36-41-34(9,10)11)21-26(23(3)4)19-25-15-16-28(33(6,7)8)30(20-25)40-18-13-2/h13,15-16,20,23-24,26,29,31,36,38H,2,12,14,17-19,21H2,1,3-11H3,(H,35,39)/t24-,26+,29+,31+/m1/s1. The maximum absolute atomic E-state index is 12.7. The number of benzene rings is 1. The van der Waals surface area contributed by atoms with Gasteiger partial charge in [-0.15, -0.1) is 0 Å². The molecule has 0 aliphatic heterocycles. The fourth-order valence-electron chi connectivity index (χ4n) is 4.60. The first-order chi connectivity index (χ1) is 19.0. The number of unbranched alkanes of at least 4 members (excludes halogenated alkanes) is 1. The fraction of sp³-hybridized carbons (Fsp3) is 0.676. The Bertz CT molecular complexity index is 1010. The summed E-state index contributed by atoms with van der Waals surface area (Å²) in [7, 11) is 0. The summed E-state index contributed by atoms with van der Waals surface area (Å²) in [5.41, 5.74) is 4.71. The van der Waals surface area contributed by atoms with Gasteiger partial charge >= 0.3 is 0 Å². The first kappa shape index (κ1) is 36.6. The van der Waals surface area contributed by atoms with Gasteiger partial charge in [0, 0.05) is 6.54 Å². The van der Waals surface area contributed by atoms with Gasteiger partial charge in [0.2, 0.25) is 5.91 Å². The molecule has 0 spiro atoms. The Hall–Kier alpha value is -2.44. The molecule has 0 saturated heterocycles. The molecule has 0 unspecified atom stereocenters. The van der Waals surface area contributed by atoms with E-state index in [2.05, 4.69) is 70.2 Å². The van der Waals surface area contributed by atoms with Gasteiger partial charge in [0.25, 0.3) is 0 Å². The van der Waals surface area contributed by atoms with Gasteiger partial charge in [-0.3, -0.25) is 9.63 Å². The Balaban J connectivity index is 3.31. The van der Waals surface area contributed by atoms with Crippen LogP contribution in [0.15, 0.2) is 36.4 Å². The number of aliphatic hydroxyl groups excluding tert-OH is 1. The maximum Gasteiger partial charge on any atom is 0.227 e. The summed E-state index contributed by atoms with van der Waals surface area (Å²) in [5, 5.41) is 14.3. The number of rotatable bonds is 17. The van der Waals surface area contributed by atoms with Crippen LogP contribution >= 0.6 is 0 Å². The number of carbonyl (C=O) groups excluding carboxylic acids is 2. The molecule has 7 heteroatoms. The van der Waals surface area contributed by atoms with Crippen LogP contribution in [0.4, 0.5) is 0 Å². The minimum absolute atomic E-state index is 0.0196. The smallest absolute Gasteiger partial charge is 0.227 e. The highest BCUT2D eigenvalue weighted by atomic mass is 16.7. The normalized spacial score (nSPS) is 15.0. The van der Waals surface area contributed by atoms with E-state index in [4.69, 9.17) is 9.57 Å². The summed E-state index contributed by atoms with van der Waals surface area (Å²) in [6.45, 7) is 24.9. The molecular weight excluding hydrogens is 516 g/mol. The van der Waals surface area contributed by atoms with E-state index in [1.807, 2.05) is 33.6 Å². The zero-order valence-corrected chi connectivity index (χ0v) is 27.2. The van der Waals surface area contributed by atoms with Crippen LogP contribution < -0.4 is 15.5 Å². The zero-order chi connectivity index (χ0) is 31.4. The summed E-state index contributed by atoms with van der Waals surface area (Å²) in [4.78, 5) is 30.7. The van der Waals surface area contributed by atoms with Gasteiger partial charge in [0.15, 0.2) is 0 Å². The summed E-state index contributed by atoms with van der Waals surface area (Å²) in [6.07, 6.45) is 3.53. The van der Waals surface area contributed by atoms with Crippen molar-refractivity contribution < 1.29 is 24.3 Å². The Morgan fingerprint density at radius 2 is 1.80 bits per heavy atom. The van der Waals surface area contributed by atoms with Gasteiger partial charge in [-0.1, -0.05) is 72.8 Å². The van der Waals surface area contributed by atoms with Gasteiger partial charge in [-0.05, 0) is 81.4 Å². The summed E-state index contributed by atoms with van der Waals surface area (Å²) < 4.78 is 6.05. The van der Waals surface area contributed by atoms with Crippen molar-refractivity contribution in [2.45, 2.75) is 118 Å². The second-order valence-electron chi connectivity index (χ2n) is 13.4. The second kappa shape index (κ2) is 16.9. The SMILES string of the molecule is C=CCOc1cc(C[C@@H](C[C@H](NOC(C)(C)C)[C@@H](O)C(=C=O)[C@@H](C)C(=O)NCCCC)C(C)C)ccc1C(C)(C)C. The van der Waals surface area contributed by atoms with E-state index >= 15 is 0 Å². The van der Waals surface area contributed by atoms with E-state index in [0.717, 1.165) is 36.1 Å². The van der Waals surface area contributed by atoms with Crippen LogP contribution in [0.2, 0.25) is 0 Å². The lowest BCUT2D eigenvalue weighted by atomic mass is 9.80. The Morgan fingerprint density at radius 1 is 1.15 bits per heavy atom. The van der Waals surface area contributed by atoms with Crippen molar-refractivity contribution in [3.8, 4) is 5.75 Å². The topological polar surface area (TPSA) is 96.9 Å². The van der Waals surface area contributed by atoms with Crippen molar-refractivity contribution in [3.63, 3.8) is 0 Å². The zero-order valence-electron chi connectivity index (χ0n) is 27.2. The third-order valence-corrected chi connectivity index (χ3v) is 7.23. The molecule has 41 heavy (non-hydrogen) atoms. The molecule has 4 atom stereocenters. The monoisotopic (exact) mass is 572 g/mol. The van der Waals surface area contributed by atoms with Gasteiger partial charge < -0.3 is 15.2 Å². The molecule has 0 bridgehead atoms. The number of nitrogens with one attached hydrogen (secondary N) is 2. The molecule has 0 fully saturated rings. The quantitative estimate of drug-likeness (QED) is 0.0902. The number of hydrogen-bond acceptors (Lipinski definition) is 6. The van der Waals surface area contributed by atoms with Crippen LogP contribution in [-0.2, 0) is 26.3 Å². The number of ether oxygens (including phenoxy) is 1. The third-order valence-electron chi connectivity index (χ3n) is 7.23. The molecule has 0 saturated carbocycles. The highest BCUT2D eigenvalue weighted by Crippen LogP contribution is 2.34. The fourth-order valence-corrected chi connectivity index (χ4v) is 4.60. The third kappa shape index (κ3) is 12.5. The Morgan fingerprint density at radius 3 is 2.32 bits per heavy atom. The van der Waals surface area contributed by atoms with Crippen LogP contribution in [0, 0.1) is 17.8 Å². The Kier molecular flexibility index (Phi) is 15.0.